The number of nitrogens with one attached hydrogen (secondary N) is 2. The lowest BCUT2D eigenvalue weighted by Crippen LogP contribution is -2.42. The molecule has 3 atom stereocenters. The molecule has 2 N–H and O–H groups in total. The van der Waals surface area contributed by atoms with Gasteiger partial charge >= 0.3 is 0 Å². The summed E-state index contributed by atoms with van der Waals surface area (Å²) in [5, 5.41) is 6.74. The highest BCUT2D eigenvalue weighted by Crippen LogP contribution is 2.35. The Kier molecular flexibility index (Phi) is 3.74. The van der Waals surface area contributed by atoms with Gasteiger partial charge in [0.2, 0.25) is 0 Å². The van der Waals surface area contributed by atoms with E-state index < -0.39 is 0 Å². The molecule has 2 aromatic heterocycles. The molecule has 2 aliphatic rings. The van der Waals surface area contributed by atoms with Gasteiger partial charge in [0, 0.05) is 18.1 Å². The lowest BCUT2D eigenvalue weighted by molar-refractivity contribution is 0.0935. The average molecular weight is 337 g/mol. The Morgan fingerprint density at radius 1 is 1.38 bits per heavy atom. The molecule has 7 heteroatoms. The summed E-state index contributed by atoms with van der Waals surface area (Å²) in [6.07, 6.45) is 5.37. The largest absolute Gasteiger partial charge is 0.347 e. The van der Waals surface area contributed by atoms with Crippen molar-refractivity contribution in [1.82, 2.24) is 15.6 Å². The highest BCUT2D eigenvalue weighted by atomic mass is 32.2. The van der Waals surface area contributed by atoms with Gasteiger partial charge in [-0.15, -0.1) is 22.7 Å². The van der Waals surface area contributed by atoms with Crippen molar-refractivity contribution in [2.45, 2.75) is 45.8 Å². The fourth-order valence-corrected chi connectivity index (χ4v) is 5.96. The first-order valence-electron chi connectivity index (χ1n) is 7.01. The summed E-state index contributed by atoms with van der Waals surface area (Å²) < 4.78 is 2.29. The minimum absolute atomic E-state index is 0.0653. The van der Waals surface area contributed by atoms with Crippen molar-refractivity contribution in [1.29, 1.82) is 0 Å². The van der Waals surface area contributed by atoms with Crippen LogP contribution in [0.15, 0.2) is 32.3 Å². The Bertz CT molecular complexity index is 640. The lowest BCUT2D eigenvalue weighted by atomic mass is 9.95. The van der Waals surface area contributed by atoms with Crippen molar-refractivity contribution in [3.05, 3.63) is 28.7 Å². The molecule has 4 nitrogen and oxygen atoms in total. The van der Waals surface area contributed by atoms with Crippen LogP contribution in [0.2, 0.25) is 0 Å². The molecule has 0 aromatic carbocycles. The number of hydrogen-bond acceptors (Lipinski definition) is 6. The zero-order valence-corrected chi connectivity index (χ0v) is 13.7. The third-order valence-electron chi connectivity index (χ3n) is 4.03. The van der Waals surface area contributed by atoms with Crippen LogP contribution in [0.25, 0.3) is 0 Å². The van der Waals surface area contributed by atoms with Crippen LogP contribution in [-0.2, 0) is 0 Å². The van der Waals surface area contributed by atoms with E-state index in [-0.39, 0.29) is 5.91 Å². The molecule has 2 aromatic rings. The third-order valence-corrected chi connectivity index (χ3v) is 7.16. The Hall–Kier alpha value is -0.890. The number of hydrogen-bond donors (Lipinski definition) is 2. The summed E-state index contributed by atoms with van der Waals surface area (Å²) >= 11 is 4.84. The van der Waals surface area contributed by atoms with E-state index in [9.17, 15) is 4.79 Å². The van der Waals surface area contributed by atoms with E-state index >= 15 is 0 Å². The number of rotatable bonds is 4. The smallest absolute Gasteiger partial charge is 0.261 e. The molecule has 2 saturated heterocycles. The maximum Gasteiger partial charge on any atom is 0.261 e. The molecule has 1 amide bonds. The van der Waals surface area contributed by atoms with E-state index in [2.05, 4.69) is 15.6 Å². The second-order valence-electron chi connectivity index (χ2n) is 5.40. The van der Waals surface area contributed by atoms with Crippen molar-refractivity contribution in [3.8, 4) is 0 Å². The van der Waals surface area contributed by atoms with E-state index in [4.69, 9.17) is 0 Å². The van der Waals surface area contributed by atoms with Gasteiger partial charge in [-0.05, 0) is 31.4 Å². The third kappa shape index (κ3) is 2.88. The molecular formula is C14H15N3OS3. The maximum atomic E-state index is 12.3. The molecule has 4 heterocycles. The van der Waals surface area contributed by atoms with E-state index in [1.165, 1.54) is 12.8 Å². The number of fused-ring (bicyclic) bond motifs is 2. The monoisotopic (exact) mass is 337 g/mol. The standard InChI is InChI=1S/C14H15N3OS3/c18-14(17-10-5-8-1-2-9(10)16-8)11-3-4-12(20-11)21-13-6-15-7-19-13/h3-4,6-10,16H,1-2,5H2,(H,17,18)/t8-,9+,10-/m1/s1. The van der Waals surface area contributed by atoms with Gasteiger partial charge in [-0.3, -0.25) is 9.78 Å². The van der Waals surface area contributed by atoms with Gasteiger partial charge in [-0.25, -0.2) is 0 Å². The topological polar surface area (TPSA) is 54.0 Å². The van der Waals surface area contributed by atoms with Gasteiger partial charge in [0.1, 0.15) is 0 Å². The van der Waals surface area contributed by atoms with E-state index in [1.807, 2.05) is 23.8 Å². The number of aromatic nitrogens is 1. The molecule has 2 fully saturated rings. The molecule has 2 aliphatic heterocycles. The lowest BCUT2D eigenvalue weighted by Gasteiger charge is -2.20. The number of carbonyl (C=O) groups is 1. The molecule has 0 spiro atoms. The number of thiophene rings is 1. The zero-order chi connectivity index (χ0) is 14.2. The molecule has 0 saturated carbocycles. The predicted octanol–water partition coefficient (Wildman–Crippen LogP) is 2.98. The van der Waals surface area contributed by atoms with Crippen molar-refractivity contribution in [2.24, 2.45) is 0 Å². The fourth-order valence-electron chi connectivity index (χ4n) is 3.07. The van der Waals surface area contributed by atoms with Gasteiger partial charge in [0.15, 0.2) is 0 Å². The number of amides is 1. The normalized spacial score (nSPS) is 27.1. The quantitative estimate of drug-likeness (QED) is 0.900. The van der Waals surface area contributed by atoms with Crippen molar-refractivity contribution < 1.29 is 4.79 Å². The Labute approximate surface area is 135 Å². The van der Waals surface area contributed by atoms with Crippen LogP contribution in [0.1, 0.15) is 28.9 Å². The Morgan fingerprint density at radius 2 is 2.33 bits per heavy atom. The summed E-state index contributed by atoms with van der Waals surface area (Å²) in [4.78, 5) is 17.2. The predicted molar refractivity (Wildman–Crippen MR) is 86.4 cm³/mol. The molecule has 4 rings (SSSR count). The second-order valence-corrected chi connectivity index (χ2v) is 8.98. The molecule has 0 unspecified atom stereocenters. The highest BCUT2D eigenvalue weighted by molar-refractivity contribution is 8.02. The first-order chi connectivity index (χ1) is 10.3. The fraction of sp³-hybridized carbons (Fsp3) is 0.429. The van der Waals surface area contributed by atoms with Crippen LogP contribution in [0, 0.1) is 0 Å². The highest BCUT2D eigenvalue weighted by Gasteiger charge is 2.39. The molecule has 0 aliphatic carbocycles. The number of thiazole rings is 1. The molecule has 2 bridgehead atoms. The Morgan fingerprint density at radius 3 is 3.05 bits per heavy atom. The second kappa shape index (κ2) is 5.72. The van der Waals surface area contributed by atoms with E-state index in [1.54, 1.807) is 34.4 Å². The minimum atomic E-state index is 0.0653. The van der Waals surface area contributed by atoms with Gasteiger partial charge in [0.25, 0.3) is 5.91 Å². The van der Waals surface area contributed by atoms with Crippen molar-refractivity contribution in [2.75, 3.05) is 0 Å². The molecule has 21 heavy (non-hydrogen) atoms. The van der Waals surface area contributed by atoms with Crippen LogP contribution >= 0.6 is 34.4 Å². The minimum Gasteiger partial charge on any atom is -0.347 e. The summed E-state index contributed by atoms with van der Waals surface area (Å²) in [5.41, 5.74) is 1.83. The summed E-state index contributed by atoms with van der Waals surface area (Å²) in [7, 11) is 0. The summed E-state index contributed by atoms with van der Waals surface area (Å²) in [6, 6.07) is 5.33. The van der Waals surface area contributed by atoms with Crippen LogP contribution in [-0.4, -0.2) is 29.0 Å². The summed E-state index contributed by atoms with van der Waals surface area (Å²) in [6.45, 7) is 0. The SMILES string of the molecule is O=C(N[C@@H]1C[C@H]2CC[C@@H]1N2)c1ccc(Sc2cncs2)s1. The van der Waals surface area contributed by atoms with Crippen molar-refractivity contribution >= 4 is 40.3 Å². The zero-order valence-electron chi connectivity index (χ0n) is 11.2. The van der Waals surface area contributed by atoms with Crippen molar-refractivity contribution in [3.63, 3.8) is 0 Å². The molecule has 0 radical (unpaired) electrons. The van der Waals surface area contributed by atoms with E-state index in [0.29, 0.717) is 18.1 Å². The van der Waals surface area contributed by atoms with Crippen LogP contribution in [0.3, 0.4) is 0 Å². The molecule has 110 valence electrons. The van der Waals surface area contributed by atoms with Crippen LogP contribution in [0.5, 0.6) is 0 Å². The molecular weight excluding hydrogens is 322 g/mol. The van der Waals surface area contributed by atoms with Gasteiger partial charge in [-0.2, -0.15) is 0 Å². The average Bonchev–Trinajstić information content (AvgIpc) is 3.24. The van der Waals surface area contributed by atoms with Gasteiger partial charge < -0.3 is 10.6 Å². The summed E-state index contributed by atoms with van der Waals surface area (Å²) in [5.74, 6) is 0.0653. The Balaban J connectivity index is 1.39. The first-order valence-corrected chi connectivity index (χ1v) is 9.52. The van der Waals surface area contributed by atoms with E-state index in [0.717, 1.165) is 19.7 Å². The van der Waals surface area contributed by atoms with Crippen LogP contribution < -0.4 is 10.6 Å². The number of nitrogens with zero attached hydrogens (tertiary/aromatic N) is 1. The van der Waals surface area contributed by atoms with Gasteiger partial charge in [0.05, 0.1) is 25.0 Å². The van der Waals surface area contributed by atoms with Gasteiger partial charge in [-0.1, -0.05) is 11.8 Å². The maximum absolute atomic E-state index is 12.3. The van der Waals surface area contributed by atoms with Crippen LogP contribution in [0.4, 0.5) is 0 Å². The first kappa shape index (κ1) is 13.8. The number of carbonyl (C=O) groups excluding carboxylic acids is 1.